The van der Waals surface area contributed by atoms with Crippen molar-refractivity contribution in [2.24, 2.45) is 0 Å². The molecule has 0 radical (unpaired) electrons. The van der Waals surface area contributed by atoms with Gasteiger partial charge in [0.1, 0.15) is 0 Å². The number of hydrogen-bond acceptors (Lipinski definition) is 0. The minimum Gasteiger partial charge on any atom is -0.0622 e. The van der Waals surface area contributed by atoms with Crippen LogP contribution in [0.15, 0.2) is 60.5 Å². The Bertz CT molecular complexity index is 577. The summed E-state index contributed by atoms with van der Waals surface area (Å²) in [5.41, 5.74) is 0.876. The molecule has 0 unspecified atom stereocenters. The van der Waals surface area contributed by atoms with Gasteiger partial charge in [-0.2, -0.15) is 0 Å². The molecule has 0 N–H and O–H groups in total. The Morgan fingerprint density at radius 1 is 0.750 bits per heavy atom. The standard InChI is InChI=1S/C12H10/c1-3-7-11(8-4-1)12-9-5-2-6-10-12/h1-10H/i1D,3D,5D,9D,10D. The highest BCUT2D eigenvalue weighted by atomic mass is 14.0. The Morgan fingerprint density at radius 2 is 1.75 bits per heavy atom. The molecule has 0 heterocycles. The molecule has 0 saturated carbocycles. The Hall–Kier alpha value is -1.56. The van der Waals surface area contributed by atoms with Crippen LogP contribution in [0.5, 0.6) is 0 Å². The van der Waals surface area contributed by atoms with Crippen molar-refractivity contribution in [3.05, 3.63) is 60.5 Å². The molecule has 0 aliphatic rings. The Kier molecular flexibility index (Phi) is 0.925. The lowest BCUT2D eigenvalue weighted by molar-refractivity contribution is 1.62. The fraction of sp³-hybridized carbons (Fsp3) is 0. The molecule has 0 atom stereocenters. The van der Waals surface area contributed by atoms with Gasteiger partial charge in [-0.3, -0.25) is 0 Å². The third-order valence-electron chi connectivity index (χ3n) is 1.54. The third-order valence-corrected chi connectivity index (χ3v) is 1.54. The lowest BCUT2D eigenvalue weighted by Gasteiger charge is -1.98. The monoisotopic (exact) mass is 159 g/mol. The summed E-state index contributed by atoms with van der Waals surface area (Å²) in [6, 6.07) is 7.74. The predicted molar refractivity (Wildman–Crippen MR) is 51.9 cm³/mol. The second kappa shape index (κ2) is 3.22. The van der Waals surface area contributed by atoms with Crippen LogP contribution in [0.4, 0.5) is 0 Å². The molecular formula is C12H10. The Morgan fingerprint density at radius 3 is 2.67 bits per heavy atom. The van der Waals surface area contributed by atoms with Crippen LogP contribution in [0.25, 0.3) is 11.1 Å². The van der Waals surface area contributed by atoms with Crippen LogP contribution in [0.2, 0.25) is 0 Å². The van der Waals surface area contributed by atoms with Crippen molar-refractivity contribution in [3.63, 3.8) is 0 Å². The largest absolute Gasteiger partial charge is 0.0629 e. The van der Waals surface area contributed by atoms with E-state index in [1.165, 1.54) is 24.3 Å². The highest BCUT2D eigenvalue weighted by Crippen LogP contribution is 2.17. The van der Waals surface area contributed by atoms with E-state index >= 15 is 0 Å². The summed E-state index contributed by atoms with van der Waals surface area (Å²) < 4.78 is 38.0. The van der Waals surface area contributed by atoms with Crippen LogP contribution < -0.4 is 0 Å². The van der Waals surface area contributed by atoms with Crippen LogP contribution in [-0.4, -0.2) is 0 Å². The zero-order valence-corrected chi connectivity index (χ0v) is 6.39. The fourth-order valence-electron chi connectivity index (χ4n) is 0.975. The molecule has 0 spiro atoms. The summed E-state index contributed by atoms with van der Waals surface area (Å²) >= 11 is 0. The summed E-state index contributed by atoms with van der Waals surface area (Å²) in [7, 11) is 0. The number of rotatable bonds is 1. The van der Waals surface area contributed by atoms with Gasteiger partial charge in [-0.25, -0.2) is 0 Å². The molecule has 0 aromatic heterocycles. The van der Waals surface area contributed by atoms with Gasteiger partial charge < -0.3 is 0 Å². The van der Waals surface area contributed by atoms with E-state index in [1.807, 2.05) is 0 Å². The van der Waals surface area contributed by atoms with Crippen molar-refractivity contribution in [1.29, 1.82) is 0 Å². The smallest absolute Gasteiger partial charge is 0.0622 e. The first-order valence-corrected chi connectivity index (χ1v) is 3.65. The lowest BCUT2D eigenvalue weighted by Crippen LogP contribution is -1.73. The molecule has 0 nitrogen and oxygen atoms in total. The van der Waals surface area contributed by atoms with Gasteiger partial charge in [0.25, 0.3) is 0 Å². The fourth-order valence-corrected chi connectivity index (χ4v) is 0.975. The average molecular weight is 159 g/mol. The molecule has 2 rings (SSSR count). The first kappa shape index (κ1) is 3.44. The van der Waals surface area contributed by atoms with Crippen molar-refractivity contribution in [3.8, 4) is 11.1 Å². The van der Waals surface area contributed by atoms with Crippen LogP contribution in [-0.2, 0) is 0 Å². The van der Waals surface area contributed by atoms with Crippen molar-refractivity contribution in [2.45, 2.75) is 0 Å². The van der Waals surface area contributed by atoms with Crippen LogP contribution in [0.1, 0.15) is 6.85 Å². The van der Waals surface area contributed by atoms with E-state index in [1.54, 1.807) is 6.07 Å². The van der Waals surface area contributed by atoms with E-state index in [0.717, 1.165) is 0 Å². The molecule has 0 aliphatic heterocycles. The van der Waals surface area contributed by atoms with E-state index < -0.39 is 0 Å². The van der Waals surface area contributed by atoms with Gasteiger partial charge in [0, 0.05) is 0 Å². The maximum atomic E-state index is 7.78. The maximum absolute atomic E-state index is 7.78. The van der Waals surface area contributed by atoms with Gasteiger partial charge >= 0.3 is 0 Å². The van der Waals surface area contributed by atoms with Crippen LogP contribution in [0.3, 0.4) is 0 Å². The summed E-state index contributed by atoms with van der Waals surface area (Å²) in [5.74, 6) is 0. The summed E-state index contributed by atoms with van der Waals surface area (Å²) in [5, 5.41) is 0. The summed E-state index contributed by atoms with van der Waals surface area (Å²) in [6.45, 7) is 0. The Balaban J connectivity index is 2.68. The molecule has 2 aromatic rings. The number of benzene rings is 2. The van der Waals surface area contributed by atoms with E-state index in [2.05, 4.69) is 0 Å². The molecule has 0 saturated heterocycles. The summed E-state index contributed by atoms with van der Waals surface area (Å²) in [4.78, 5) is 0. The van der Waals surface area contributed by atoms with Crippen LogP contribution in [0, 0.1) is 0 Å². The van der Waals surface area contributed by atoms with Gasteiger partial charge in [0.15, 0.2) is 0 Å². The lowest BCUT2D eigenvalue weighted by atomic mass is 10.1. The molecule has 0 bridgehead atoms. The zero-order chi connectivity index (χ0) is 12.6. The molecule has 0 aliphatic carbocycles. The minimum atomic E-state index is -0.0189. The van der Waals surface area contributed by atoms with Crippen molar-refractivity contribution < 1.29 is 6.85 Å². The normalized spacial score (nSPS) is 15.5. The van der Waals surface area contributed by atoms with E-state index in [0.29, 0.717) is 11.1 Å². The topological polar surface area (TPSA) is 0 Å². The highest BCUT2D eigenvalue weighted by Gasteiger charge is 1.91. The number of hydrogen-bond donors (Lipinski definition) is 0. The second-order valence-corrected chi connectivity index (χ2v) is 2.34. The van der Waals surface area contributed by atoms with Gasteiger partial charge in [-0.15, -0.1) is 0 Å². The molecule has 58 valence electrons. The first-order chi connectivity index (χ1) is 8.00. The van der Waals surface area contributed by atoms with Gasteiger partial charge in [-0.1, -0.05) is 60.5 Å². The highest BCUT2D eigenvalue weighted by molar-refractivity contribution is 5.62. The van der Waals surface area contributed by atoms with Gasteiger partial charge in [0.05, 0.1) is 6.85 Å². The third kappa shape index (κ3) is 1.37. The first-order valence-electron chi connectivity index (χ1n) is 6.15. The van der Waals surface area contributed by atoms with Gasteiger partial charge in [-0.05, 0) is 11.1 Å². The second-order valence-electron chi connectivity index (χ2n) is 2.34. The SMILES string of the molecule is [2H]c1ccc(-c2c([2H])ccc([2H])c2[2H])cc1[2H]. The summed E-state index contributed by atoms with van der Waals surface area (Å²) in [6.07, 6.45) is 0. The predicted octanol–water partition coefficient (Wildman–Crippen LogP) is 3.35. The molecule has 2 aromatic carbocycles. The van der Waals surface area contributed by atoms with E-state index in [9.17, 15) is 0 Å². The molecule has 0 amide bonds. The average Bonchev–Trinajstić information content (AvgIpc) is 2.29. The Labute approximate surface area is 79.5 Å². The van der Waals surface area contributed by atoms with Gasteiger partial charge in [0.2, 0.25) is 0 Å². The molecule has 0 heteroatoms. The molecule has 0 fully saturated rings. The quantitative estimate of drug-likeness (QED) is 0.598. The van der Waals surface area contributed by atoms with Crippen molar-refractivity contribution in [1.82, 2.24) is 0 Å². The van der Waals surface area contributed by atoms with E-state index in [4.69, 9.17) is 6.85 Å². The van der Waals surface area contributed by atoms with E-state index in [-0.39, 0.29) is 30.2 Å². The van der Waals surface area contributed by atoms with Crippen LogP contribution >= 0.6 is 0 Å². The molecular weight excluding hydrogens is 144 g/mol. The van der Waals surface area contributed by atoms with Crippen molar-refractivity contribution >= 4 is 0 Å². The minimum absolute atomic E-state index is 0.0189. The van der Waals surface area contributed by atoms with Crippen molar-refractivity contribution in [2.75, 3.05) is 0 Å². The maximum Gasteiger partial charge on any atom is 0.0629 e. The molecule has 12 heavy (non-hydrogen) atoms. The zero-order valence-electron chi connectivity index (χ0n) is 11.4.